The summed E-state index contributed by atoms with van der Waals surface area (Å²) in [5, 5.41) is 0. The van der Waals surface area contributed by atoms with E-state index in [0.717, 1.165) is 31.7 Å². The molecule has 2 fully saturated rings. The highest BCUT2D eigenvalue weighted by molar-refractivity contribution is 5.85. The van der Waals surface area contributed by atoms with Crippen LogP contribution in [0.3, 0.4) is 0 Å². The summed E-state index contributed by atoms with van der Waals surface area (Å²) in [6.45, 7) is 4.29. The van der Waals surface area contributed by atoms with Crippen LogP contribution in [0.15, 0.2) is 24.3 Å². The van der Waals surface area contributed by atoms with Crippen LogP contribution in [0.4, 0.5) is 0 Å². The summed E-state index contributed by atoms with van der Waals surface area (Å²) in [5.74, 6) is 2.62. The second-order valence-corrected chi connectivity index (χ2v) is 6.16. The number of rotatable bonds is 5. The van der Waals surface area contributed by atoms with Gasteiger partial charge in [0.15, 0.2) is 6.61 Å². The highest BCUT2D eigenvalue weighted by atomic mass is 35.5. The van der Waals surface area contributed by atoms with E-state index < -0.39 is 0 Å². The minimum Gasteiger partial charge on any atom is -0.494 e. The van der Waals surface area contributed by atoms with Gasteiger partial charge in [0.1, 0.15) is 11.5 Å². The Balaban J connectivity index is 0.00000192. The third-order valence-electron chi connectivity index (χ3n) is 4.76. The number of amides is 1. The lowest BCUT2D eigenvalue weighted by molar-refractivity contribution is -0.132. The van der Waals surface area contributed by atoms with Gasteiger partial charge in [-0.1, -0.05) is 0 Å². The Morgan fingerprint density at radius 2 is 1.83 bits per heavy atom. The number of ether oxygens (including phenoxy) is 2. The quantitative estimate of drug-likeness (QED) is 0.891. The molecule has 1 aliphatic carbocycles. The molecule has 3 unspecified atom stereocenters. The number of carbonyl (C=O) groups excluding carboxylic acids is 1. The first kappa shape index (κ1) is 17.9. The molecule has 128 valence electrons. The van der Waals surface area contributed by atoms with Crippen LogP contribution < -0.4 is 15.2 Å². The van der Waals surface area contributed by atoms with Crippen LogP contribution in [-0.2, 0) is 4.79 Å². The third kappa shape index (κ3) is 4.09. The lowest BCUT2D eigenvalue weighted by Crippen LogP contribution is -2.36. The maximum Gasteiger partial charge on any atom is 0.260 e. The maximum absolute atomic E-state index is 12.3. The Morgan fingerprint density at radius 3 is 2.43 bits per heavy atom. The molecule has 0 spiro atoms. The van der Waals surface area contributed by atoms with Gasteiger partial charge in [-0.25, -0.2) is 0 Å². The van der Waals surface area contributed by atoms with Gasteiger partial charge in [-0.3, -0.25) is 4.79 Å². The second kappa shape index (κ2) is 7.88. The molecule has 3 rings (SSSR count). The minimum absolute atomic E-state index is 0. The Morgan fingerprint density at radius 1 is 1.17 bits per heavy atom. The first-order chi connectivity index (χ1) is 10.7. The summed E-state index contributed by atoms with van der Waals surface area (Å²) in [5.41, 5.74) is 6.11. The average Bonchev–Trinajstić information content (AvgIpc) is 3.09. The molecule has 0 radical (unpaired) electrons. The molecule has 6 heteroatoms. The average molecular weight is 341 g/mol. The molecule has 1 saturated heterocycles. The van der Waals surface area contributed by atoms with Crippen LogP contribution in [0.1, 0.15) is 19.8 Å². The van der Waals surface area contributed by atoms with Crippen molar-refractivity contribution < 1.29 is 14.3 Å². The SMILES string of the molecule is CCOc1ccc(OCC(=O)N2CC3CCC(N)C3C2)cc1.Cl. The summed E-state index contributed by atoms with van der Waals surface area (Å²) < 4.78 is 11.0. The Hall–Kier alpha value is -1.46. The van der Waals surface area contributed by atoms with E-state index in [9.17, 15) is 4.79 Å². The van der Waals surface area contributed by atoms with E-state index in [4.69, 9.17) is 15.2 Å². The van der Waals surface area contributed by atoms with Gasteiger partial charge in [-0.2, -0.15) is 0 Å². The largest absolute Gasteiger partial charge is 0.494 e. The normalized spacial score (nSPS) is 25.7. The van der Waals surface area contributed by atoms with Crippen molar-refractivity contribution in [2.75, 3.05) is 26.3 Å². The summed E-state index contributed by atoms with van der Waals surface area (Å²) in [6, 6.07) is 7.61. The fourth-order valence-electron chi connectivity index (χ4n) is 3.55. The topological polar surface area (TPSA) is 64.8 Å². The fraction of sp³-hybridized carbons (Fsp3) is 0.588. The van der Waals surface area contributed by atoms with Gasteiger partial charge in [-0.15, -0.1) is 12.4 Å². The number of fused-ring (bicyclic) bond motifs is 1. The number of halogens is 1. The number of benzene rings is 1. The highest BCUT2D eigenvalue weighted by Crippen LogP contribution is 2.37. The summed E-state index contributed by atoms with van der Waals surface area (Å²) in [4.78, 5) is 14.2. The maximum atomic E-state index is 12.3. The van der Waals surface area contributed by atoms with Crippen molar-refractivity contribution >= 4 is 18.3 Å². The van der Waals surface area contributed by atoms with Gasteiger partial charge >= 0.3 is 0 Å². The zero-order valence-electron chi connectivity index (χ0n) is 13.4. The molecule has 1 aromatic rings. The lowest BCUT2D eigenvalue weighted by Gasteiger charge is -2.19. The molecule has 1 aromatic carbocycles. The van der Waals surface area contributed by atoms with E-state index in [1.807, 2.05) is 36.1 Å². The zero-order chi connectivity index (χ0) is 15.5. The molecule has 1 heterocycles. The van der Waals surface area contributed by atoms with Crippen LogP contribution in [0.25, 0.3) is 0 Å². The lowest BCUT2D eigenvalue weighted by atomic mass is 9.98. The minimum atomic E-state index is 0. The number of hydrogen-bond donors (Lipinski definition) is 1. The van der Waals surface area contributed by atoms with Crippen LogP contribution in [0.5, 0.6) is 11.5 Å². The third-order valence-corrected chi connectivity index (χ3v) is 4.76. The van der Waals surface area contributed by atoms with Crippen LogP contribution in [-0.4, -0.2) is 43.2 Å². The Kier molecular flexibility index (Phi) is 6.13. The van der Waals surface area contributed by atoms with Crippen LogP contribution >= 0.6 is 12.4 Å². The van der Waals surface area contributed by atoms with E-state index in [1.54, 1.807) is 0 Å². The number of nitrogens with two attached hydrogens (primary N) is 1. The number of nitrogens with zero attached hydrogens (tertiary/aromatic N) is 1. The molecular weight excluding hydrogens is 316 g/mol. The van der Waals surface area contributed by atoms with Crippen molar-refractivity contribution in [2.45, 2.75) is 25.8 Å². The predicted octanol–water partition coefficient (Wildman–Crippen LogP) is 2.08. The molecule has 1 saturated carbocycles. The standard InChI is InChI=1S/C17H24N2O3.ClH/c1-2-21-13-4-6-14(7-5-13)22-11-17(20)19-9-12-3-8-16(18)15(12)10-19;/h4-7,12,15-16H,2-3,8-11,18H2,1H3;1H. The highest BCUT2D eigenvalue weighted by Gasteiger charge is 2.42. The molecule has 0 aromatic heterocycles. The predicted molar refractivity (Wildman–Crippen MR) is 91.1 cm³/mol. The molecular formula is C17H25ClN2O3. The fourth-order valence-corrected chi connectivity index (χ4v) is 3.55. The smallest absolute Gasteiger partial charge is 0.260 e. The number of hydrogen-bond acceptors (Lipinski definition) is 4. The second-order valence-electron chi connectivity index (χ2n) is 6.16. The zero-order valence-corrected chi connectivity index (χ0v) is 14.3. The van der Waals surface area contributed by atoms with Gasteiger partial charge in [0.25, 0.3) is 5.91 Å². The van der Waals surface area contributed by atoms with Crippen molar-refractivity contribution in [1.29, 1.82) is 0 Å². The van der Waals surface area contributed by atoms with Crippen molar-refractivity contribution in [1.82, 2.24) is 4.90 Å². The van der Waals surface area contributed by atoms with E-state index in [1.165, 1.54) is 0 Å². The first-order valence-electron chi connectivity index (χ1n) is 8.06. The van der Waals surface area contributed by atoms with E-state index in [-0.39, 0.29) is 31.0 Å². The molecule has 1 aliphatic heterocycles. The van der Waals surface area contributed by atoms with Crippen molar-refractivity contribution in [3.8, 4) is 11.5 Å². The van der Waals surface area contributed by atoms with E-state index in [0.29, 0.717) is 24.2 Å². The summed E-state index contributed by atoms with van der Waals surface area (Å²) >= 11 is 0. The Bertz CT molecular complexity index is 523. The van der Waals surface area contributed by atoms with Crippen LogP contribution in [0.2, 0.25) is 0 Å². The van der Waals surface area contributed by atoms with Gasteiger partial charge in [-0.05, 0) is 55.9 Å². The van der Waals surface area contributed by atoms with E-state index >= 15 is 0 Å². The molecule has 2 aliphatic rings. The molecule has 2 N–H and O–H groups in total. The van der Waals surface area contributed by atoms with Gasteiger partial charge < -0.3 is 20.1 Å². The number of likely N-dealkylation sites (tertiary alicyclic amines) is 1. The van der Waals surface area contributed by atoms with Gasteiger partial charge in [0.2, 0.25) is 0 Å². The van der Waals surface area contributed by atoms with E-state index in [2.05, 4.69) is 0 Å². The molecule has 23 heavy (non-hydrogen) atoms. The van der Waals surface area contributed by atoms with Gasteiger partial charge in [0.05, 0.1) is 6.61 Å². The molecule has 0 bridgehead atoms. The number of carbonyl (C=O) groups is 1. The first-order valence-corrected chi connectivity index (χ1v) is 8.06. The Labute approximate surface area is 143 Å². The summed E-state index contributed by atoms with van der Waals surface area (Å²) in [6.07, 6.45) is 2.25. The van der Waals surface area contributed by atoms with Crippen molar-refractivity contribution in [3.05, 3.63) is 24.3 Å². The summed E-state index contributed by atoms with van der Waals surface area (Å²) in [7, 11) is 0. The molecule has 5 nitrogen and oxygen atoms in total. The molecule has 3 atom stereocenters. The molecule has 1 amide bonds. The van der Waals surface area contributed by atoms with Crippen molar-refractivity contribution in [3.63, 3.8) is 0 Å². The van der Waals surface area contributed by atoms with Crippen molar-refractivity contribution in [2.24, 2.45) is 17.6 Å². The van der Waals surface area contributed by atoms with Gasteiger partial charge in [0, 0.05) is 19.1 Å². The van der Waals surface area contributed by atoms with Crippen LogP contribution in [0, 0.1) is 11.8 Å². The monoisotopic (exact) mass is 340 g/mol.